The summed E-state index contributed by atoms with van der Waals surface area (Å²) in [5.41, 5.74) is 1.67. The Balaban J connectivity index is 1.76. The normalized spacial score (nSPS) is 12.1. The molecule has 0 spiro atoms. The first-order valence-electron chi connectivity index (χ1n) is 8.68. The van der Waals surface area contributed by atoms with Crippen LogP contribution in [0.5, 0.6) is 0 Å². The predicted octanol–water partition coefficient (Wildman–Crippen LogP) is 2.58. The molecular formula is C21H21NO5. The third-order valence-corrected chi connectivity index (χ3v) is 4.19. The highest BCUT2D eigenvalue weighted by atomic mass is 16.5. The van der Waals surface area contributed by atoms with Crippen LogP contribution in [-0.2, 0) is 4.74 Å². The van der Waals surface area contributed by atoms with Crippen LogP contribution in [0.15, 0.2) is 63.8 Å². The number of aryl methyl sites for hydroxylation is 1. The van der Waals surface area contributed by atoms with Gasteiger partial charge in [0.2, 0.25) is 0 Å². The van der Waals surface area contributed by atoms with E-state index in [2.05, 4.69) is 5.32 Å². The van der Waals surface area contributed by atoms with Crippen molar-refractivity contribution in [1.82, 2.24) is 5.32 Å². The Morgan fingerprint density at radius 1 is 1.19 bits per heavy atom. The molecule has 0 saturated carbocycles. The molecule has 3 rings (SSSR count). The zero-order chi connectivity index (χ0) is 19.2. The van der Waals surface area contributed by atoms with Gasteiger partial charge in [0.05, 0.1) is 19.3 Å². The van der Waals surface area contributed by atoms with Gasteiger partial charge in [-0.25, -0.2) is 4.79 Å². The number of ether oxygens (including phenoxy) is 1. The Bertz CT molecular complexity index is 978. The first kappa shape index (κ1) is 18.8. The predicted molar refractivity (Wildman–Crippen MR) is 102 cm³/mol. The van der Waals surface area contributed by atoms with Gasteiger partial charge >= 0.3 is 5.63 Å². The van der Waals surface area contributed by atoms with Crippen molar-refractivity contribution >= 4 is 16.9 Å². The van der Waals surface area contributed by atoms with E-state index in [1.165, 1.54) is 6.07 Å². The molecule has 1 heterocycles. The van der Waals surface area contributed by atoms with E-state index in [-0.39, 0.29) is 25.3 Å². The Morgan fingerprint density at radius 3 is 2.67 bits per heavy atom. The molecule has 1 unspecified atom stereocenters. The van der Waals surface area contributed by atoms with Crippen LogP contribution in [0.4, 0.5) is 0 Å². The summed E-state index contributed by atoms with van der Waals surface area (Å²) in [5, 5.41) is 12.4. The first-order chi connectivity index (χ1) is 13.1. The summed E-state index contributed by atoms with van der Waals surface area (Å²) in [6, 6.07) is 16.3. The third kappa shape index (κ3) is 4.61. The minimum Gasteiger partial charge on any atom is -0.422 e. The van der Waals surface area contributed by atoms with Crippen molar-refractivity contribution in [3.05, 3.63) is 81.7 Å². The molecule has 0 saturated heterocycles. The van der Waals surface area contributed by atoms with Crippen molar-refractivity contribution in [2.24, 2.45) is 0 Å². The van der Waals surface area contributed by atoms with Crippen molar-refractivity contribution in [2.45, 2.75) is 13.0 Å². The maximum Gasteiger partial charge on any atom is 0.349 e. The lowest BCUT2D eigenvalue weighted by Crippen LogP contribution is -2.32. The number of carbonyl (C=O) groups is 1. The van der Waals surface area contributed by atoms with Crippen LogP contribution in [-0.4, -0.2) is 30.8 Å². The number of rotatable bonds is 7. The standard InChI is InChI=1S/C21H21NO5/c1-14-6-8-15(9-7-14)19(26-11-10-23)13-22-20(24)17-12-16-4-2-3-5-18(16)27-21(17)25/h2-9,12,19,23H,10-11,13H2,1H3,(H,22,24). The second-order valence-corrected chi connectivity index (χ2v) is 6.19. The fraction of sp³-hybridized carbons (Fsp3) is 0.238. The Kier molecular flexibility index (Phi) is 6.01. The molecule has 0 aliphatic heterocycles. The van der Waals surface area contributed by atoms with Crippen LogP contribution in [0.25, 0.3) is 11.0 Å². The molecule has 1 amide bonds. The zero-order valence-electron chi connectivity index (χ0n) is 15.0. The molecule has 2 N–H and O–H groups in total. The van der Waals surface area contributed by atoms with Crippen molar-refractivity contribution in [3.63, 3.8) is 0 Å². The van der Waals surface area contributed by atoms with Gasteiger partial charge < -0.3 is 19.6 Å². The summed E-state index contributed by atoms with van der Waals surface area (Å²) in [5.74, 6) is -0.529. The quantitative estimate of drug-likeness (QED) is 0.627. The lowest BCUT2D eigenvalue weighted by atomic mass is 10.1. The summed E-state index contributed by atoms with van der Waals surface area (Å²) in [6.45, 7) is 2.17. The zero-order valence-corrected chi connectivity index (χ0v) is 15.0. The topological polar surface area (TPSA) is 88.8 Å². The fourth-order valence-electron chi connectivity index (χ4n) is 2.75. The van der Waals surface area contributed by atoms with E-state index in [0.717, 1.165) is 11.1 Å². The smallest absolute Gasteiger partial charge is 0.349 e. The van der Waals surface area contributed by atoms with Crippen LogP contribution in [0.2, 0.25) is 0 Å². The summed E-state index contributed by atoms with van der Waals surface area (Å²) in [7, 11) is 0. The first-order valence-corrected chi connectivity index (χ1v) is 8.68. The van der Waals surface area contributed by atoms with Gasteiger partial charge in [-0.15, -0.1) is 0 Å². The second-order valence-electron chi connectivity index (χ2n) is 6.19. The maximum atomic E-state index is 12.5. The third-order valence-electron chi connectivity index (χ3n) is 4.19. The molecule has 6 nitrogen and oxygen atoms in total. The Labute approximate surface area is 156 Å². The van der Waals surface area contributed by atoms with E-state index in [0.29, 0.717) is 11.0 Å². The maximum absolute atomic E-state index is 12.5. The van der Waals surface area contributed by atoms with Crippen molar-refractivity contribution < 1.29 is 19.1 Å². The van der Waals surface area contributed by atoms with Gasteiger partial charge in [-0.1, -0.05) is 48.0 Å². The van der Waals surface area contributed by atoms with E-state index in [1.54, 1.807) is 24.3 Å². The summed E-state index contributed by atoms with van der Waals surface area (Å²) < 4.78 is 10.8. The molecule has 27 heavy (non-hydrogen) atoms. The molecule has 0 fully saturated rings. The SMILES string of the molecule is Cc1ccc(C(CNC(=O)c2cc3ccccc3oc2=O)OCCO)cc1. The van der Waals surface area contributed by atoms with Crippen LogP contribution in [0, 0.1) is 6.92 Å². The molecule has 0 radical (unpaired) electrons. The number of hydrogen-bond acceptors (Lipinski definition) is 5. The molecule has 0 bridgehead atoms. The number of aliphatic hydroxyl groups is 1. The number of amides is 1. The lowest BCUT2D eigenvalue weighted by molar-refractivity contribution is 0.0277. The molecule has 2 aromatic carbocycles. The number of hydrogen-bond donors (Lipinski definition) is 2. The monoisotopic (exact) mass is 367 g/mol. The highest BCUT2D eigenvalue weighted by Crippen LogP contribution is 2.18. The number of para-hydroxylation sites is 1. The lowest BCUT2D eigenvalue weighted by Gasteiger charge is -2.18. The number of aliphatic hydroxyl groups excluding tert-OH is 1. The van der Waals surface area contributed by atoms with Crippen molar-refractivity contribution in [2.75, 3.05) is 19.8 Å². The molecule has 3 aromatic rings. The minimum atomic E-state index is -0.686. The van der Waals surface area contributed by atoms with E-state index < -0.39 is 17.6 Å². The van der Waals surface area contributed by atoms with Crippen molar-refractivity contribution in [3.8, 4) is 0 Å². The summed E-state index contributed by atoms with van der Waals surface area (Å²) in [6.07, 6.45) is -0.436. The van der Waals surface area contributed by atoms with Crippen molar-refractivity contribution in [1.29, 1.82) is 0 Å². The van der Waals surface area contributed by atoms with Gasteiger partial charge in [0.25, 0.3) is 5.91 Å². The van der Waals surface area contributed by atoms with Gasteiger partial charge in [0.1, 0.15) is 11.1 Å². The van der Waals surface area contributed by atoms with Crippen LogP contribution < -0.4 is 10.9 Å². The molecule has 140 valence electrons. The molecular weight excluding hydrogens is 346 g/mol. The number of benzene rings is 2. The van der Waals surface area contributed by atoms with Gasteiger partial charge in [0.15, 0.2) is 0 Å². The molecule has 0 aliphatic carbocycles. The Morgan fingerprint density at radius 2 is 1.93 bits per heavy atom. The average Bonchev–Trinajstić information content (AvgIpc) is 2.68. The minimum absolute atomic E-state index is 0.0569. The average molecular weight is 367 g/mol. The molecule has 0 aliphatic rings. The van der Waals surface area contributed by atoms with Gasteiger partial charge in [-0.2, -0.15) is 0 Å². The van der Waals surface area contributed by atoms with Crippen LogP contribution in [0.1, 0.15) is 27.6 Å². The summed E-state index contributed by atoms with van der Waals surface area (Å²) >= 11 is 0. The van der Waals surface area contributed by atoms with Gasteiger partial charge in [-0.05, 0) is 24.6 Å². The van der Waals surface area contributed by atoms with E-state index >= 15 is 0 Å². The van der Waals surface area contributed by atoms with Gasteiger partial charge in [-0.3, -0.25) is 4.79 Å². The van der Waals surface area contributed by atoms with E-state index in [4.69, 9.17) is 14.3 Å². The van der Waals surface area contributed by atoms with E-state index in [1.807, 2.05) is 31.2 Å². The molecule has 1 atom stereocenters. The van der Waals surface area contributed by atoms with Crippen LogP contribution >= 0.6 is 0 Å². The number of nitrogens with one attached hydrogen (secondary N) is 1. The largest absolute Gasteiger partial charge is 0.422 e. The highest BCUT2D eigenvalue weighted by molar-refractivity contribution is 5.96. The number of carbonyl (C=O) groups excluding carboxylic acids is 1. The Hall–Kier alpha value is -2.96. The molecule has 6 heteroatoms. The number of fused-ring (bicyclic) bond motifs is 1. The summed E-state index contributed by atoms with van der Waals surface area (Å²) in [4.78, 5) is 24.6. The highest BCUT2D eigenvalue weighted by Gasteiger charge is 2.17. The molecule has 1 aromatic heterocycles. The van der Waals surface area contributed by atoms with E-state index in [9.17, 15) is 9.59 Å². The second kappa shape index (κ2) is 8.62. The fourth-order valence-corrected chi connectivity index (χ4v) is 2.75. The van der Waals surface area contributed by atoms with Crippen LogP contribution in [0.3, 0.4) is 0 Å². The van der Waals surface area contributed by atoms with Gasteiger partial charge in [0, 0.05) is 11.9 Å².